The largest absolute Gasteiger partial charge is 0.381 e. The number of aryl methyl sites for hydroxylation is 1. The number of aromatic nitrogens is 4. The van der Waals surface area contributed by atoms with Crippen LogP contribution in [0.25, 0.3) is 0 Å². The van der Waals surface area contributed by atoms with Crippen molar-refractivity contribution in [2.75, 3.05) is 25.1 Å². The van der Waals surface area contributed by atoms with Gasteiger partial charge in [-0.1, -0.05) is 5.10 Å². The number of nitrogens with one attached hydrogen (secondary N) is 1. The predicted octanol–water partition coefficient (Wildman–Crippen LogP) is -0.342. The SMILES string of the molecule is Cn1nnnc1NCC1CCOC1. The van der Waals surface area contributed by atoms with Crippen LogP contribution >= 0.6 is 0 Å². The molecule has 0 bridgehead atoms. The van der Waals surface area contributed by atoms with Gasteiger partial charge in [0.05, 0.1) is 6.61 Å². The number of anilines is 1. The quantitative estimate of drug-likeness (QED) is 0.694. The lowest BCUT2D eigenvalue weighted by Gasteiger charge is -2.07. The van der Waals surface area contributed by atoms with Crippen molar-refractivity contribution < 1.29 is 4.74 Å². The van der Waals surface area contributed by atoms with Crippen molar-refractivity contribution in [1.29, 1.82) is 0 Å². The van der Waals surface area contributed by atoms with E-state index in [9.17, 15) is 0 Å². The fourth-order valence-electron chi connectivity index (χ4n) is 1.36. The fourth-order valence-corrected chi connectivity index (χ4v) is 1.36. The molecule has 1 fully saturated rings. The Morgan fingerprint density at radius 3 is 3.23 bits per heavy atom. The molecular formula is C7H13N5O. The van der Waals surface area contributed by atoms with E-state index in [1.165, 1.54) is 0 Å². The lowest BCUT2D eigenvalue weighted by molar-refractivity contribution is 0.187. The Hall–Kier alpha value is -1.17. The number of rotatable bonds is 3. The van der Waals surface area contributed by atoms with Crippen LogP contribution in [-0.2, 0) is 11.8 Å². The first-order valence-electron chi connectivity index (χ1n) is 4.40. The minimum absolute atomic E-state index is 0.594. The van der Waals surface area contributed by atoms with E-state index in [2.05, 4.69) is 20.8 Å². The molecule has 1 saturated heterocycles. The fraction of sp³-hybridized carbons (Fsp3) is 0.857. The molecule has 0 amide bonds. The molecule has 1 aliphatic rings. The molecule has 1 aromatic heterocycles. The van der Waals surface area contributed by atoms with E-state index in [1.807, 2.05) is 7.05 Å². The maximum absolute atomic E-state index is 5.26. The van der Waals surface area contributed by atoms with E-state index in [1.54, 1.807) is 4.68 Å². The second-order valence-electron chi connectivity index (χ2n) is 3.24. The molecule has 0 aliphatic carbocycles. The highest BCUT2D eigenvalue weighted by molar-refractivity contribution is 5.20. The molecule has 0 aromatic carbocycles. The Morgan fingerprint density at radius 2 is 2.62 bits per heavy atom. The highest BCUT2D eigenvalue weighted by Crippen LogP contribution is 2.12. The van der Waals surface area contributed by atoms with Gasteiger partial charge in [0.25, 0.3) is 0 Å². The van der Waals surface area contributed by atoms with Crippen LogP contribution in [0.5, 0.6) is 0 Å². The van der Waals surface area contributed by atoms with Gasteiger partial charge in [-0.3, -0.25) is 0 Å². The van der Waals surface area contributed by atoms with Crippen molar-refractivity contribution in [2.24, 2.45) is 13.0 Å². The molecular weight excluding hydrogens is 170 g/mol. The van der Waals surface area contributed by atoms with Crippen molar-refractivity contribution in [1.82, 2.24) is 20.2 Å². The number of nitrogens with zero attached hydrogens (tertiary/aromatic N) is 4. The minimum atomic E-state index is 0.594. The normalized spacial score (nSPS) is 22.1. The van der Waals surface area contributed by atoms with Gasteiger partial charge in [0.2, 0.25) is 5.95 Å². The minimum Gasteiger partial charge on any atom is -0.381 e. The molecule has 1 N–H and O–H groups in total. The van der Waals surface area contributed by atoms with E-state index in [4.69, 9.17) is 4.74 Å². The lowest BCUT2D eigenvalue weighted by Crippen LogP contribution is -2.16. The summed E-state index contributed by atoms with van der Waals surface area (Å²) in [4.78, 5) is 0. The van der Waals surface area contributed by atoms with Crippen LogP contribution in [0.15, 0.2) is 0 Å². The summed E-state index contributed by atoms with van der Waals surface area (Å²) in [5.41, 5.74) is 0. The predicted molar refractivity (Wildman–Crippen MR) is 46.2 cm³/mol. The van der Waals surface area contributed by atoms with Gasteiger partial charge in [-0.2, -0.15) is 0 Å². The molecule has 6 nitrogen and oxygen atoms in total. The van der Waals surface area contributed by atoms with Gasteiger partial charge in [-0.05, 0) is 16.8 Å². The smallest absolute Gasteiger partial charge is 0.242 e. The first-order chi connectivity index (χ1) is 6.36. The van der Waals surface area contributed by atoms with Crippen LogP contribution in [0, 0.1) is 5.92 Å². The summed E-state index contributed by atoms with van der Waals surface area (Å²) in [6.45, 7) is 2.61. The van der Waals surface area contributed by atoms with Crippen molar-refractivity contribution in [3.8, 4) is 0 Å². The third-order valence-electron chi connectivity index (χ3n) is 2.19. The average Bonchev–Trinajstić information content (AvgIpc) is 2.72. The zero-order chi connectivity index (χ0) is 9.10. The molecule has 1 atom stereocenters. The van der Waals surface area contributed by atoms with Crippen molar-refractivity contribution >= 4 is 5.95 Å². The Morgan fingerprint density at radius 1 is 1.69 bits per heavy atom. The molecule has 13 heavy (non-hydrogen) atoms. The summed E-state index contributed by atoms with van der Waals surface area (Å²) >= 11 is 0. The molecule has 2 heterocycles. The molecule has 0 saturated carbocycles. The van der Waals surface area contributed by atoms with Gasteiger partial charge in [-0.15, -0.1) is 0 Å². The van der Waals surface area contributed by atoms with Gasteiger partial charge in [0.15, 0.2) is 0 Å². The average molecular weight is 183 g/mol. The van der Waals surface area contributed by atoms with Crippen LogP contribution < -0.4 is 5.32 Å². The molecule has 6 heteroatoms. The number of ether oxygens (including phenoxy) is 1. The van der Waals surface area contributed by atoms with E-state index in [0.29, 0.717) is 11.9 Å². The van der Waals surface area contributed by atoms with Crippen LogP contribution in [0.1, 0.15) is 6.42 Å². The number of hydrogen-bond acceptors (Lipinski definition) is 5. The van der Waals surface area contributed by atoms with Crippen molar-refractivity contribution in [2.45, 2.75) is 6.42 Å². The summed E-state index contributed by atoms with van der Waals surface area (Å²) in [5, 5.41) is 14.3. The highest BCUT2D eigenvalue weighted by Gasteiger charge is 2.15. The van der Waals surface area contributed by atoms with Gasteiger partial charge in [0, 0.05) is 26.1 Å². The summed E-state index contributed by atoms with van der Waals surface area (Å²) in [6.07, 6.45) is 1.12. The third kappa shape index (κ3) is 1.95. The Bertz CT molecular complexity index is 268. The van der Waals surface area contributed by atoms with Crippen LogP contribution in [0.2, 0.25) is 0 Å². The number of tetrazole rings is 1. The van der Waals surface area contributed by atoms with Crippen molar-refractivity contribution in [3.05, 3.63) is 0 Å². The first kappa shape index (κ1) is 8.43. The molecule has 1 unspecified atom stereocenters. The molecule has 72 valence electrons. The molecule has 0 spiro atoms. The Balaban J connectivity index is 1.82. The molecule has 2 rings (SSSR count). The summed E-state index contributed by atoms with van der Waals surface area (Å²) in [7, 11) is 1.81. The molecule has 1 aliphatic heterocycles. The van der Waals surface area contributed by atoms with E-state index in [0.717, 1.165) is 26.2 Å². The van der Waals surface area contributed by atoms with Gasteiger partial charge in [-0.25, -0.2) is 4.68 Å². The zero-order valence-electron chi connectivity index (χ0n) is 7.60. The van der Waals surface area contributed by atoms with E-state index in [-0.39, 0.29) is 0 Å². The van der Waals surface area contributed by atoms with E-state index >= 15 is 0 Å². The third-order valence-corrected chi connectivity index (χ3v) is 2.19. The maximum Gasteiger partial charge on any atom is 0.242 e. The lowest BCUT2D eigenvalue weighted by atomic mass is 10.1. The van der Waals surface area contributed by atoms with E-state index < -0.39 is 0 Å². The molecule has 0 radical (unpaired) electrons. The highest BCUT2D eigenvalue weighted by atomic mass is 16.5. The van der Waals surface area contributed by atoms with Crippen LogP contribution in [-0.4, -0.2) is 40.0 Å². The van der Waals surface area contributed by atoms with Gasteiger partial charge < -0.3 is 10.1 Å². The van der Waals surface area contributed by atoms with Gasteiger partial charge >= 0.3 is 0 Å². The summed E-state index contributed by atoms with van der Waals surface area (Å²) in [6, 6.07) is 0. The van der Waals surface area contributed by atoms with Crippen LogP contribution in [0.3, 0.4) is 0 Å². The second kappa shape index (κ2) is 3.69. The Kier molecular flexibility index (Phi) is 2.40. The summed E-state index contributed by atoms with van der Waals surface area (Å²) < 4.78 is 6.88. The monoisotopic (exact) mass is 183 g/mol. The molecule has 1 aromatic rings. The topological polar surface area (TPSA) is 64.9 Å². The second-order valence-corrected chi connectivity index (χ2v) is 3.24. The number of hydrogen-bond donors (Lipinski definition) is 1. The van der Waals surface area contributed by atoms with Crippen molar-refractivity contribution in [3.63, 3.8) is 0 Å². The first-order valence-corrected chi connectivity index (χ1v) is 4.40. The standard InChI is InChI=1S/C7H13N5O/c1-12-7(9-10-11-12)8-4-6-2-3-13-5-6/h6H,2-5H2,1H3,(H,8,9,11). The van der Waals surface area contributed by atoms with Gasteiger partial charge in [0.1, 0.15) is 0 Å². The maximum atomic E-state index is 5.26. The summed E-state index contributed by atoms with van der Waals surface area (Å²) in [5.74, 6) is 1.31. The zero-order valence-corrected chi connectivity index (χ0v) is 7.60. The Labute approximate surface area is 76.3 Å². The van der Waals surface area contributed by atoms with Crippen LogP contribution in [0.4, 0.5) is 5.95 Å².